The molecule has 8 aliphatic heterocycles. The van der Waals surface area contributed by atoms with Crippen LogP contribution in [0.25, 0.3) is 0 Å². The molecule has 0 spiro atoms. The van der Waals surface area contributed by atoms with Crippen molar-refractivity contribution in [1.82, 2.24) is 10.6 Å². The fourth-order valence-corrected chi connectivity index (χ4v) is 12.1. The summed E-state index contributed by atoms with van der Waals surface area (Å²) in [6, 6.07) is -3.45. The second kappa shape index (κ2) is 33.9. The fourth-order valence-electron chi connectivity index (χ4n) is 12.1. The van der Waals surface area contributed by atoms with Crippen LogP contribution in [-0.2, 0) is 80.6 Å². The average Bonchev–Trinajstić information content (AvgIpc) is 0.774. The molecule has 43 nitrogen and oxygen atoms in total. The lowest BCUT2D eigenvalue weighted by molar-refractivity contribution is -0.410. The lowest BCUT2D eigenvalue weighted by Gasteiger charge is -2.51. The van der Waals surface area contributed by atoms with Crippen LogP contribution in [0.4, 0.5) is 0 Å². The maximum absolute atomic E-state index is 12.8. The monoisotopic (exact) mass is 1400 g/mol. The third-order valence-corrected chi connectivity index (χ3v) is 17.4. The predicted molar refractivity (Wildman–Crippen MR) is 288 cm³/mol. The van der Waals surface area contributed by atoms with Gasteiger partial charge in [-0.2, -0.15) is 0 Å². The van der Waals surface area contributed by atoms with Gasteiger partial charge in [-0.25, -0.2) is 0 Å². The zero-order valence-electron chi connectivity index (χ0n) is 50.4. The van der Waals surface area contributed by atoms with Crippen molar-refractivity contribution >= 4 is 11.8 Å². The molecule has 552 valence electrons. The molecule has 0 aromatic heterocycles. The highest BCUT2D eigenvalue weighted by Gasteiger charge is 2.60. The van der Waals surface area contributed by atoms with E-state index < -0.39 is 310 Å². The molecule has 0 radical (unpaired) electrons. The molecule has 8 saturated heterocycles. The van der Waals surface area contributed by atoms with Crippen molar-refractivity contribution in [3.8, 4) is 0 Å². The van der Waals surface area contributed by atoms with Crippen LogP contribution >= 0.6 is 0 Å². The van der Waals surface area contributed by atoms with E-state index in [9.17, 15) is 132 Å². The number of carbonyl (C=O) groups excluding carboxylic acids is 2. The fraction of sp³-hybridized carbons (Fsp3) is 0.962. The van der Waals surface area contributed by atoms with Gasteiger partial charge in [0.15, 0.2) is 50.3 Å². The molecule has 0 aliphatic carbocycles. The first-order valence-electron chi connectivity index (χ1n) is 30.1. The molecule has 0 aromatic rings. The van der Waals surface area contributed by atoms with Gasteiger partial charge >= 0.3 is 0 Å². The Morgan fingerprint density at radius 3 is 1.02 bits per heavy atom. The highest BCUT2D eigenvalue weighted by atomic mass is 16.8. The number of aliphatic hydroxyl groups excluding tert-OH is 24. The van der Waals surface area contributed by atoms with Gasteiger partial charge in [0, 0.05) is 13.8 Å². The smallest absolute Gasteiger partial charge is 0.217 e. The minimum Gasteiger partial charge on any atom is -0.394 e. The zero-order chi connectivity index (χ0) is 69.9. The van der Waals surface area contributed by atoms with Gasteiger partial charge in [-0.1, -0.05) is 0 Å². The Kier molecular flexibility index (Phi) is 27.9. The van der Waals surface area contributed by atoms with Crippen LogP contribution < -0.4 is 10.6 Å². The second-order valence-corrected chi connectivity index (χ2v) is 23.9. The lowest BCUT2D eigenvalue weighted by Crippen LogP contribution is -2.70. The Bertz CT molecular complexity index is 2380. The molecule has 0 bridgehead atoms. The summed E-state index contributed by atoms with van der Waals surface area (Å²) in [5.74, 6) is -1.66. The molecule has 26 N–H and O–H groups in total. The first kappa shape index (κ1) is 78.1. The van der Waals surface area contributed by atoms with Crippen LogP contribution in [0.15, 0.2) is 0 Å². The van der Waals surface area contributed by atoms with Crippen LogP contribution in [-0.4, -0.2) is 433 Å². The molecule has 0 aromatic carbocycles. The summed E-state index contributed by atoms with van der Waals surface area (Å²) in [7, 11) is 0. The number of hydrogen-bond donors (Lipinski definition) is 26. The topological polar surface area (TPSA) is 682 Å². The first-order chi connectivity index (χ1) is 45.0. The zero-order valence-corrected chi connectivity index (χ0v) is 50.4. The van der Waals surface area contributed by atoms with E-state index in [0.29, 0.717) is 0 Å². The van der Waals surface area contributed by atoms with Crippen LogP contribution in [0.1, 0.15) is 13.8 Å². The van der Waals surface area contributed by atoms with Gasteiger partial charge in [-0.3, -0.25) is 9.59 Å². The number of rotatable bonds is 24. The van der Waals surface area contributed by atoms with Crippen molar-refractivity contribution < 1.29 is 203 Å². The van der Waals surface area contributed by atoms with Crippen molar-refractivity contribution in [3.05, 3.63) is 0 Å². The number of aliphatic hydroxyl groups is 24. The summed E-state index contributed by atoms with van der Waals surface area (Å²) < 4.78 is 86.8. The molecule has 8 rings (SSSR count). The van der Waals surface area contributed by atoms with Crippen molar-refractivity contribution in [3.63, 3.8) is 0 Å². The van der Waals surface area contributed by atoms with Crippen LogP contribution in [0.5, 0.6) is 0 Å². The third-order valence-electron chi connectivity index (χ3n) is 17.4. The second-order valence-electron chi connectivity index (χ2n) is 23.9. The van der Waals surface area contributed by atoms with E-state index >= 15 is 0 Å². The first-order valence-corrected chi connectivity index (χ1v) is 30.1. The molecule has 40 atom stereocenters. The molecule has 8 aliphatic rings. The maximum Gasteiger partial charge on any atom is 0.217 e. The van der Waals surface area contributed by atoms with E-state index in [0.717, 1.165) is 13.8 Å². The van der Waals surface area contributed by atoms with E-state index in [1.807, 2.05) is 0 Å². The number of amides is 2. The summed E-state index contributed by atoms with van der Waals surface area (Å²) in [5, 5.41) is 267. The van der Waals surface area contributed by atoms with Gasteiger partial charge in [0.25, 0.3) is 0 Å². The number of carbonyl (C=O) groups is 2. The van der Waals surface area contributed by atoms with Gasteiger partial charge < -0.3 is 204 Å². The van der Waals surface area contributed by atoms with E-state index in [-0.39, 0.29) is 0 Å². The molecular formula is C52H88N2O41. The minimum absolute atomic E-state index is 0.759. The summed E-state index contributed by atoms with van der Waals surface area (Å²) >= 11 is 0. The van der Waals surface area contributed by atoms with Gasteiger partial charge in [0.05, 0.1) is 52.9 Å². The summed E-state index contributed by atoms with van der Waals surface area (Å²) in [6.07, 6.45) is -78.7. The van der Waals surface area contributed by atoms with E-state index in [1.54, 1.807) is 0 Å². The molecule has 2 amide bonds. The largest absolute Gasteiger partial charge is 0.394 e. The van der Waals surface area contributed by atoms with E-state index in [4.69, 9.17) is 71.1 Å². The Labute approximate surface area is 536 Å². The highest BCUT2D eigenvalue weighted by Crippen LogP contribution is 2.39. The van der Waals surface area contributed by atoms with E-state index in [2.05, 4.69) is 10.6 Å². The van der Waals surface area contributed by atoms with Crippen molar-refractivity contribution in [2.75, 3.05) is 52.9 Å². The summed E-state index contributed by atoms with van der Waals surface area (Å²) in [4.78, 5) is 24.8. The number of ether oxygens (including phenoxy) is 15. The average molecular weight is 1400 g/mol. The molecule has 0 saturated carbocycles. The summed E-state index contributed by atoms with van der Waals surface area (Å²) in [6.45, 7) is -6.39. The van der Waals surface area contributed by atoms with Crippen LogP contribution in [0.3, 0.4) is 0 Å². The molecule has 43 heteroatoms. The number of nitrogens with one attached hydrogen (secondary N) is 2. The molecule has 0 unspecified atom stereocenters. The molecule has 8 fully saturated rings. The molecule has 8 heterocycles. The third kappa shape index (κ3) is 16.8. The Hall–Kier alpha value is -2.62. The Morgan fingerprint density at radius 2 is 0.568 bits per heavy atom. The van der Waals surface area contributed by atoms with Crippen molar-refractivity contribution in [2.24, 2.45) is 0 Å². The van der Waals surface area contributed by atoms with Gasteiger partial charge in [-0.05, 0) is 0 Å². The van der Waals surface area contributed by atoms with Crippen molar-refractivity contribution in [1.29, 1.82) is 0 Å². The minimum atomic E-state index is -2.48. The molecular weight excluding hydrogens is 1310 g/mol. The standard InChI is InChI=1S/C52H88N2O41/c1-11(62)53-21-29(70)39(18(8-60)82-45(21)80)90-46-22(54-12(2)63)30(71)40(19(9-61)88-46)91-50-38(79)42(28(69)20(89-50)10-81-47-35(76)31(72)23(64)13(3-55)83-47)93-51-44(34(75)26(67)15(5-57)86-51)95-52-43(33(74)25(66)16(6-58)87-52)94-49-37(78)41(27(68)17(7-59)85-49)92-48-36(77)32(73)24(65)14(4-56)84-48/h13-52,55-61,64-80H,3-10H2,1-2H3,(H,53,62)(H,54,63)/t13-,14-,15-,16-,17-,18-,19-,20-,21-,22-,23-,24-,25-,26-,27-,28-,29-,30-,31+,32+,33+,34+,35+,36+,37+,38+,39-,40-,41+,42+,43+,44+,45-,46+,47+,48-,49-,50+,51-,52-/m1/s1. The Balaban J connectivity index is 1.10. The van der Waals surface area contributed by atoms with E-state index in [1.165, 1.54) is 0 Å². The predicted octanol–water partition coefficient (Wildman–Crippen LogP) is -18.2. The van der Waals surface area contributed by atoms with Gasteiger partial charge in [-0.15, -0.1) is 0 Å². The van der Waals surface area contributed by atoms with Crippen LogP contribution in [0, 0.1) is 0 Å². The normalized spacial score (nSPS) is 50.8. The highest BCUT2D eigenvalue weighted by molar-refractivity contribution is 5.73. The Morgan fingerprint density at radius 1 is 0.274 bits per heavy atom. The van der Waals surface area contributed by atoms with Crippen molar-refractivity contribution in [2.45, 2.75) is 259 Å². The van der Waals surface area contributed by atoms with Gasteiger partial charge in [0.1, 0.15) is 195 Å². The van der Waals surface area contributed by atoms with Gasteiger partial charge in [0.2, 0.25) is 11.8 Å². The number of hydrogen-bond acceptors (Lipinski definition) is 41. The lowest BCUT2D eigenvalue weighted by atomic mass is 9.94. The molecule has 95 heavy (non-hydrogen) atoms. The SMILES string of the molecule is CC(=O)N[C@@H]1[C@@H](O)[C@H](O[C@@H]2O[C@H](CO)[C@@H](O[C@@H]3O[C@H](CO[C@H]4O[C@H](CO)[C@@H](O)[C@H](O)[C@@H]4O)[C@@H](O)[C@H](O[C@H]4O[C@H](CO)[C@@H](O)[C@H](O)[C@@H]4O[C@H]4O[C@H](CO)[C@@H](O)[C@H](O)[C@@H]4O[C@H]4O[C@H](CO)[C@@H](O)[C@H](O[C@H]5O[C@H](CO)[C@@H](O)[C@H](O)[C@@H]5O)[C@@H]4O)[C@@H]3O)[C@H](O)[C@H]2NC(C)=O)[C@@H](CO)O[C@H]1O. The summed E-state index contributed by atoms with van der Waals surface area (Å²) in [5.41, 5.74) is 0. The van der Waals surface area contributed by atoms with Crippen LogP contribution in [0.2, 0.25) is 0 Å². The maximum atomic E-state index is 12.8. The quantitative estimate of drug-likeness (QED) is 0.0427.